The highest BCUT2D eigenvalue weighted by Crippen LogP contribution is 2.35. The molecule has 2 heterocycles. The quantitative estimate of drug-likeness (QED) is 0.398. The number of benzene rings is 2. The Morgan fingerprint density at radius 3 is 2.62 bits per heavy atom. The van der Waals surface area contributed by atoms with Crippen molar-refractivity contribution in [2.24, 2.45) is 0 Å². The minimum absolute atomic E-state index is 0.0994. The van der Waals surface area contributed by atoms with E-state index in [9.17, 15) is 4.79 Å². The molecule has 1 aromatic heterocycles. The van der Waals surface area contributed by atoms with Gasteiger partial charge in [-0.1, -0.05) is 59.2 Å². The third-order valence-corrected chi connectivity index (χ3v) is 5.62. The fourth-order valence-corrected chi connectivity index (χ4v) is 3.88. The third kappa shape index (κ3) is 4.32. The number of tetrazole rings is 1. The van der Waals surface area contributed by atoms with E-state index in [4.69, 9.17) is 32.7 Å². The highest BCUT2D eigenvalue weighted by Gasteiger charge is 2.34. The van der Waals surface area contributed by atoms with Gasteiger partial charge in [-0.15, -0.1) is 0 Å². The van der Waals surface area contributed by atoms with Crippen LogP contribution in [0.3, 0.4) is 0 Å². The number of esters is 1. The second kappa shape index (κ2) is 9.42. The van der Waals surface area contributed by atoms with Crippen molar-refractivity contribution in [1.29, 1.82) is 0 Å². The molecule has 2 aromatic carbocycles. The van der Waals surface area contributed by atoms with Crippen LogP contribution < -0.4 is 10.1 Å². The first kappa shape index (κ1) is 21.9. The van der Waals surface area contributed by atoms with Crippen LogP contribution >= 0.6 is 23.2 Å². The number of fused-ring (bicyclic) bond motifs is 1. The maximum atomic E-state index is 12.8. The van der Waals surface area contributed by atoms with Crippen LogP contribution in [0, 0.1) is 0 Å². The monoisotopic (exact) mass is 471 g/mol. The van der Waals surface area contributed by atoms with Crippen LogP contribution in [0.5, 0.6) is 5.75 Å². The average molecular weight is 472 g/mol. The van der Waals surface area contributed by atoms with Gasteiger partial charge < -0.3 is 14.8 Å². The summed E-state index contributed by atoms with van der Waals surface area (Å²) in [5.41, 5.74) is 2.51. The number of carbonyl (C=O) groups excluding carboxylic acids is 1. The van der Waals surface area contributed by atoms with Gasteiger partial charge in [0, 0.05) is 21.3 Å². The lowest BCUT2D eigenvalue weighted by molar-refractivity contribution is -0.138. The Labute approximate surface area is 194 Å². The van der Waals surface area contributed by atoms with Crippen molar-refractivity contribution in [2.45, 2.75) is 19.6 Å². The van der Waals surface area contributed by atoms with Crippen molar-refractivity contribution in [1.82, 2.24) is 20.2 Å². The molecule has 1 N–H and O–H groups in total. The van der Waals surface area contributed by atoms with Gasteiger partial charge in [-0.2, -0.15) is 4.68 Å². The zero-order valence-electron chi connectivity index (χ0n) is 17.1. The fourth-order valence-electron chi connectivity index (χ4n) is 3.37. The summed E-state index contributed by atoms with van der Waals surface area (Å²) >= 11 is 12.4. The van der Waals surface area contributed by atoms with Gasteiger partial charge in [-0.3, -0.25) is 0 Å². The first-order valence-electron chi connectivity index (χ1n) is 9.69. The topological polar surface area (TPSA) is 91.2 Å². The molecule has 1 unspecified atom stereocenters. The van der Waals surface area contributed by atoms with Crippen LogP contribution in [-0.4, -0.2) is 32.8 Å². The van der Waals surface area contributed by atoms with Gasteiger partial charge in [0.2, 0.25) is 5.95 Å². The van der Waals surface area contributed by atoms with Crippen molar-refractivity contribution in [3.05, 3.63) is 87.6 Å². The summed E-state index contributed by atoms with van der Waals surface area (Å²) in [4.78, 5) is 12.8. The number of allylic oxidation sites excluding steroid dienone is 1. The second-order valence-corrected chi connectivity index (χ2v) is 7.77. The standard InChI is InChI=1S/C22H19Cl2N5O3/c1-3-11-31-21(30)19-13(2)25-22-26-27-28-29(22)20(19)14-7-9-15(10-8-14)32-12-16-17(23)5-4-6-18(16)24/h3-10,20H,1,11-12H2,2H3,(H,25,26,28). The Kier molecular flexibility index (Phi) is 6.43. The van der Waals surface area contributed by atoms with Crippen LogP contribution in [0.2, 0.25) is 10.0 Å². The van der Waals surface area contributed by atoms with E-state index in [1.807, 2.05) is 12.1 Å². The van der Waals surface area contributed by atoms with Gasteiger partial charge in [0.1, 0.15) is 25.0 Å². The maximum absolute atomic E-state index is 12.8. The molecule has 0 spiro atoms. The van der Waals surface area contributed by atoms with Crippen LogP contribution in [0.4, 0.5) is 5.95 Å². The SMILES string of the molecule is C=CCOC(=O)C1=C(C)Nc2nnnn2C1c1ccc(OCc2c(Cl)cccc2Cl)cc1. The Morgan fingerprint density at radius 2 is 1.94 bits per heavy atom. The van der Waals surface area contributed by atoms with E-state index in [1.165, 1.54) is 10.8 Å². The minimum Gasteiger partial charge on any atom is -0.489 e. The number of hydrogen-bond acceptors (Lipinski definition) is 7. The second-order valence-electron chi connectivity index (χ2n) is 6.96. The van der Waals surface area contributed by atoms with Crippen molar-refractivity contribution in [2.75, 3.05) is 11.9 Å². The van der Waals surface area contributed by atoms with Gasteiger partial charge >= 0.3 is 5.97 Å². The average Bonchev–Trinajstić information content (AvgIpc) is 3.24. The summed E-state index contributed by atoms with van der Waals surface area (Å²) in [6, 6.07) is 12.0. The molecule has 8 nitrogen and oxygen atoms in total. The van der Waals surface area contributed by atoms with Crippen LogP contribution in [0.15, 0.2) is 66.4 Å². The van der Waals surface area contributed by atoms with Gasteiger partial charge in [0.05, 0.1) is 5.57 Å². The molecule has 164 valence electrons. The number of halogens is 2. The smallest absolute Gasteiger partial charge is 0.338 e. The highest BCUT2D eigenvalue weighted by molar-refractivity contribution is 6.35. The van der Waals surface area contributed by atoms with E-state index in [0.29, 0.717) is 38.6 Å². The molecule has 0 aliphatic carbocycles. The number of anilines is 1. The number of nitrogens with zero attached hydrogens (tertiary/aromatic N) is 4. The highest BCUT2D eigenvalue weighted by atomic mass is 35.5. The van der Waals surface area contributed by atoms with Crippen molar-refractivity contribution in [3.8, 4) is 5.75 Å². The number of nitrogens with one attached hydrogen (secondary N) is 1. The number of hydrogen-bond donors (Lipinski definition) is 1. The summed E-state index contributed by atoms with van der Waals surface area (Å²) in [6.07, 6.45) is 1.51. The molecular formula is C22H19Cl2N5O3. The molecule has 0 saturated heterocycles. The van der Waals surface area contributed by atoms with Crippen molar-refractivity contribution in [3.63, 3.8) is 0 Å². The van der Waals surface area contributed by atoms with Gasteiger partial charge in [-0.05, 0) is 47.2 Å². The van der Waals surface area contributed by atoms with E-state index >= 15 is 0 Å². The fraction of sp³-hybridized carbons (Fsp3) is 0.182. The summed E-state index contributed by atoms with van der Waals surface area (Å²) in [5, 5.41) is 15.9. The van der Waals surface area contributed by atoms with E-state index in [1.54, 1.807) is 37.3 Å². The third-order valence-electron chi connectivity index (χ3n) is 4.91. The number of aromatic nitrogens is 4. The normalized spacial score (nSPS) is 15.0. The van der Waals surface area contributed by atoms with E-state index in [0.717, 1.165) is 5.56 Å². The van der Waals surface area contributed by atoms with Crippen LogP contribution in [0.1, 0.15) is 24.1 Å². The number of ether oxygens (including phenoxy) is 2. The Balaban J connectivity index is 1.60. The van der Waals surface area contributed by atoms with Crippen LogP contribution in [-0.2, 0) is 16.1 Å². The van der Waals surface area contributed by atoms with E-state index < -0.39 is 12.0 Å². The molecule has 1 atom stereocenters. The molecule has 1 aliphatic heterocycles. The molecule has 32 heavy (non-hydrogen) atoms. The van der Waals surface area contributed by atoms with E-state index in [-0.39, 0.29) is 13.2 Å². The Morgan fingerprint density at radius 1 is 1.22 bits per heavy atom. The molecular weight excluding hydrogens is 453 g/mol. The first-order valence-corrected chi connectivity index (χ1v) is 10.4. The molecule has 4 rings (SSSR count). The molecule has 0 bridgehead atoms. The zero-order valence-corrected chi connectivity index (χ0v) is 18.6. The zero-order chi connectivity index (χ0) is 22.7. The van der Waals surface area contributed by atoms with Crippen LogP contribution in [0.25, 0.3) is 0 Å². The van der Waals surface area contributed by atoms with Gasteiger partial charge in [0.15, 0.2) is 0 Å². The largest absolute Gasteiger partial charge is 0.489 e. The molecule has 0 radical (unpaired) electrons. The number of carbonyl (C=O) groups is 1. The summed E-state index contributed by atoms with van der Waals surface area (Å²) in [5.74, 6) is 0.572. The van der Waals surface area contributed by atoms with Crippen molar-refractivity contribution >= 4 is 35.1 Å². The molecule has 3 aromatic rings. The minimum atomic E-state index is -0.564. The lowest BCUT2D eigenvalue weighted by Gasteiger charge is -2.27. The Bertz CT molecular complexity index is 1170. The lowest BCUT2D eigenvalue weighted by Crippen LogP contribution is -2.29. The molecule has 0 amide bonds. The lowest BCUT2D eigenvalue weighted by atomic mass is 9.96. The van der Waals surface area contributed by atoms with Gasteiger partial charge in [0.25, 0.3) is 0 Å². The Hall–Kier alpha value is -3.36. The van der Waals surface area contributed by atoms with E-state index in [2.05, 4.69) is 27.4 Å². The summed E-state index contributed by atoms with van der Waals surface area (Å²) < 4.78 is 12.7. The molecule has 10 heteroatoms. The molecule has 1 aliphatic rings. The van der Waals surface area contributed by atoms with Crippen molar-refractivity contribution < 1.29 is 14.3 Å². The van der Waals surface area contributed by atoms with Gasteiger partial charge in [-0.25, -0.2) is 4.79 Å². The summed E-state index contributed by atoms with van der Waals surface area (Å²) in [6.45, 7) is 5.68. The summed E-state index contributed by atoms with van der Waals surface area (Å²) in [7, 11) is 0. The predicted octanol–water partition coefficient (Wildman–Crippen LogP) is 4.58. The molecule has 0 saturated carbocycles. The molecule has 0 fully saturated rings. The predicted molar refractivity (Wildman–Crippen MR) is 121 cm³/mol. The number of rotatable bonds is 7. The first-order chi connectivity index (χ1) is 15.5. The maximum Gasteiger partial charge on any atom is 0.338 e.